The molecule has 1 N–H and O–H groups in total. The molecule has 7 heteroatoms. The smallest absolute Gasteiger partial charge is 0.149 e. The van der Waals surface area contributed by atoms with Crippen LogP contribution in [0.25, 0.3) is 22.2 Å². The van der Waals surface area contributed by atoms with Crippen molar-refractivity contribution in [1.29, 1.82) is 0 Å². The first-order valence-electron chi connectivity index (χ1n) is 12.7. The number of fused-ring (bicyclic) bond motifs is 1. The second kappa shape index (κ2) is 9.62. The van der Waals surface area contributed by atoms with Gasteiger partial charge in [0.15, 0.2) is 0 Å². The Hall–Kier alpha value is -2.51. The van der Waals surface area contributed by atoms with E-state index >= 15 is 4.39 Å². The Kier molecular flexibility index (Phi) is 6.58. The second-order valence-corrected chi connectivity index (χ2v) is 10.1. The van der Waals surface area contributed by atoms with Gasteiger partial charge in [-0.3, -0.25) is 10.00 Å². The maximum Gasteiger partial charge on any atom is 0.149 e. The van der Waals surface area contributed by atoms with Gasteiger partial charge in [0, 0.05) is 62.1 Å². The number of hydrogen-bond donors (Lipinski definition) is 1. The molecule has 3 aromatic rings. The Morgan fingerprint density at radius 1 is 1.15 bits per heavy atom. The molecule has 0 saturated carbocycles. The molecule has 4 heterocycles. The summed E-state index contributed by atoms with van der Waals surface area (Å²) >= 11 is 0. The van der Waals surface area contributed by atoms with E-state index in [4.69, 9.17) is 9.72 Å². The quantitative estimate of drug-likeness (QED) is 0.582. The predicted molar refractivity (Wildman–Crippen MR) is 135 cm³/mol. The highest BCUT2D eigenvalue weighted by Crippen LogP contribution is 2.38. The second-order valence-electron chi connectivity index (χ2n) is 10.1. The van der Waals surface area contributed by atoms with Crippen LogP contribution in [0.5, 0.6) is 0 Å². The molecule has 0 spiro atoms. The van der Waals surface area contributed by atoms with Gasteiger partial charge in [-0.2, -0.15) is 5.10 Å². The third kappa shape index (κ3) is 4.43. The van der Waals surface area contributed by atoms with E-state index in [9.17, 15) is 0 Å². The third-order valence-electron chi connectivity index (χ3n) is 7.55. The molecule has 6 nitrogen and oxygen atoms in total. The Bertz CT molecular complexity index is 1170. The summed E-state index contributed by atoms with van der Waals surface area (Å²) in [5, 5.41) is 8.54. The molecule has 2 aliphatic heterocycles. The van der Waals surface area contributed by atoms with Crippen molar-refractivity contribution in [3.8, 4) is 11.3 Å². The number of rotatable bonds is 5. The SMILES string of the molecule is CCc1cc(F)c2nc(N3CCN(CC4CCOCC4)C[C@H]3C)c(-c3cc(C)[nH]n3)c(C)c2c1. The van der Waals surface area contributed by atoms with E-state index in [1.165, 1.54) is 0 Å². The highest BCUT2D eigenvalue weighted by atomic mass is 19.1. The summed E-state index contributed by atoms with van der Waals surface area (Å²) in [5.41, 5.74) is 5.37. The molecule has 2 aromatic heterocycles. The maximum absolute atomic E-state index is 15.2. The minimum absolute atomic E-state index is 0.241. The van der Waals surface area contributed by atoms with Crippen LogP contribution in [0.2, 0.25) is 0 Å². The number of aryl methyl sites for hydroxylation is 3. The van der Waals surface area contributed by atoms with Gasteiger partial charge >= 0.3 is 0 Å². The van der Waals surface area contributed by atoms with E-state index in [0.29, 0.717) is 5.52 Å². The van der Waals surface area contributed by atoms with Gasteiger partial charge in [0.2, 0.25) is 0 Å². The van der Waals surface area contributed by atoms with Crippen molar-refractivity contribution in [3.63, 3.8) is 0 Å². The first kappa shape index (κ1) is 23.2. The van der Waals surface area contributed by atoms with Gasteiger partial charge in [-0.25, -0.2) is 9.37 Å². The Balaban J connectivity index is 1.52. The number of H-pyrrole nitrogens is 1. The monoisotopic (exact) mass is 465 g/mol. The van der Waals surface area contributed by atoms with Crippen LogP contribution < -0.4 is 4.90 Å². The first-order chi connectivity index (χ1) is 16.4. The zero-order valence-corrected chi connectivity index (χ0v) is 20.8. The van der Waals surface area contributed by atoms with Crippen LogP contribution in [0, 0.1) is 25.6 Å². The number of piperazine rings is 1. The van der Waals surface area contributed by atoms with E-state index in [1.807, 2.05) is 6.92 Å². The van der Waals surface area contributed by atoms with Crippen LogP contribution in [-0.4, -0.2) is 65.5 Å². The summed E-state index contributed by atoms with van der Waals surface area (Å²) < 4.78 is 20.7. The summed E-state index contributed by atoms with van der Waals surface area (Å²) in [6, 6.07) is 6.05. The molecule has 2 saturated heterocycles. The molecular weight excluding hydrogens is 429 g/mol. The van der Waals surface area contributed by atoms with Crippen LogP contribution >= 0.6 is 0 Å². The highest BCUT2D eigenvalue weighted by molar-refractivity contribution is 5.94. The number of nitrogens with zero attached hydrogens (tertiary/aromatic N) is 4. The van der Waals surface area contributed by atoms with Crippen molar-refractivity contribution in [2.45, 2.75) is 53.0 Å². The minimum atomic E-state index is -0.241. The summed E-state index contributed by atoms with van der Waals surface area (Å²) in [6.07, 6.45) is 3.10. The topological polar surface area (TPSA) is 57.3 Å². The van der Waals surface area contributed by atoms with E-state index in [-0.39, 0.29) is 11.9 Å². The van der Waals surface area contributed by atoms with Crippen molar-refractivity contribution in [1.82, 2.24) is 20.1 Å². The lowest BCUT2D eigenvalue weighted by Crippen LogP contribution is -2.53. The van der Waals surface area contributed by atoms with E-state index in [1.54, 1.807) is 6.07 Å². The van der Waals surface area contributed by atoms with Gasteiger partial charge < -0.3 is 9.64 Å². The lowest BCUT2D eigenvalue weighted by atomic mass is 9.97. The standard InChI is InChI=1S/C27H36FN5O/c1-5-20-13-22-19(4)25(24-12-17(2)30-31-24)27(29-26(22)23(28)14-20)33-9-8-32(15-18(33)3)16-21-6-10-34-11-7-21/h12-14,18,21H,5-11,15-16H2,1-4H3,(H,30,31)/t18-/m1/s1. The lowest BCUT2D eigenvalue weighted by molar-refractivity contribution is 0.0500. The van der Waals surface area contributed by atoms with Gasteiger partial charge in [-0.15, -0.1) is 0 Å². The zero-order chi connectivity index (χ0) is 23.8. The lowest BCUT2D eigenvalue weighted by Gasteiger charge is -2.42. The fourth-order valence-corrected chi connectivity index (χ4v) is 5.59. The molecule has 1 atom stereocenters. The van der Waals surface area contributed by atoms with E-state index < -0.39 is 0 Å². The number of hydrogen-bond acceptors (Lipinski definition) is 5. The average Bonchev–Trinajstić information content (AvgIpc) is 3.26. The molecule has 34 heavy (non-hydrogen) atoms. The first-order valence-corrected chi connectivity index (χ1v) is 12.7. The Labute approximate surface area is 201 Å². The highest BCUT2D eigenvalue weighted by Gasteiger charge is 2.30. The van der Waals surface area contributed by atoms with Crippen molar-refractivity contribution in [2.75, 3.05) is 44.3 Å². The molecule has 0 unspecified atom stereocenters. The Morgan fingerprint density at radius 2 is 1.94 bits per heavy atom. The van der Waals surface area contributed by atoms with Gasteiger partial charge in [-0.05, 0) is 75.3 Å². The molecule has 2 aliphatic rings. The minimum Gasteiger partial charge on any atom is -0.381 e. The summed E-state index contributed by atoms with van der Waals surface area (Å²) in [5.74, 6) is 1.32. The molecular formula is C27H36FN5O. The number of aromatic nitrogens is 3. The van der Waals surface area contributed by atoms with E-state index in [2.05, 4.69) is 52.9 Å². The molecule has 2 fully saturated rings. The number of ether oxygens (including phenoxy) is 1. The van der Waals surface area contributed by atoms with Crippen LogP contribution in [0.15, 0.2) is 18.2 Å². The number of anilines is 1. The molecule has 0 radical (unpaired) electrons. The predicted octanol–water partition coefficient (Wildman–Crippen LogP) is 4.88. The van der Waals surface area contributed by atoms with Crippen LogP contribution in [0.3, 0.4) is 0 Å². The number of benzene rings is 1. The van der Waals surface area contributed by atoms with Crippen molar-refractivity contribution in [3.05, 3.63) is 40.8 Å². The molecule has 182 valence electrons. The zero-order valence-electron chi connectivity index (χ0n) is 20.8. The maximum atomic E-state index is 15.2. The van der Waals surface area contributed by atoms with Crippen LogP contribution in [-0.2, 0) is 11.2 Å². The van der Waals surface area contributed by atoms with E-state index in [0.717, 1.165) is 104 Å². The van der Waals surface area contributed by atoms with Crippen LogP contribution in [0.1, 0.15) is 43.5 Å². The molecule has 5 rings (SSSR count). The number of pyridine rings is 1. The molecule has 0 aliphatic carbocycles. The third-order valence-corrected chi connectivity index (χ3v) is 7.55. The van der Waals surface area contributed by atoms with Crippen molar-refractivity contribution >= 4 is 16.7 Å². The number of aromatic amines is 1. The fraction of sp³-hybridized carbons (Fsp3) is 0.556. The summed E-state index contributed by atoms with van der Waals surface area (Å²) in [4.78, 5) is 9.91. The largest absolute Gasteiger partial charge is 0.381 e. The van der Waals surface area contributed by atoms with Gasteiger partial charge in [0.1, 0.15) is 17.2 Å². The Morgan fingerprint density at radius 3 is 2.62 bits per heavy atom. The van der Waals surface area contributed by atoms with Crippen molar-refractivity contribution < 1.29 is 9.13 Å². The van der Waals surface area contributed by atoms with Gasteiger partial charge in [0.05, 0.1) is 5.69 Å². The van der Waals surface area contributed by atoms with Gasteiger partial charge in [-0.1, -0.05) is 6.92 Å². The number of halogens is 1. The summed E-state index contributed by atoms with van der Waals surface area (Å²) in [7, 11) is 0. The van der Waals surface area contributed by atoms with Crippen molar-refractivity contribution in [2.24, 2.45) is 5.92 Å². The molecule has 0 amide bonds. The van der Waals surface area contributed by atoms with Crippen LogP contribution in [0.4, 0.5) is 10.2 Å². The molecule has 0 bridgehead atoms. The molecule has 1 aromatic carbocycles. The average molecular weight is 466 g/mol. The number of nitrogens with one attached hydrogen (secondary N) is 1. The fourth-order valence-electron chi connectivity index (χ4n) is 5.59. The summed E-state index contributed by atoms with van der Waals surface area (Å²) in [6.45, 7) is 14.1. The normalized spacial score (nSPS) is 20.4. The van der Waals surface area contributed by atoms with Gasteiger partial charge in [0.25, 0.3) is 0 Å².